The molecule has 0 N–H and O–H groups in total. The number of hydrogen-bond donors (Lipinski definition) is 0. The van der Waals surface area contributed by atoms with Crippen molar-refractivity contribution in [2.75, 3.05) is 6.54 Å². The van der Waals surface area contributed by atoms with E-state index < -0.39 is 0 Å². The van der Waals surface area contributed by atoms with Crippen LogP contribution in [0.3, 0.4) is 0 Å². The predicted molar refractivity (Wildman–Crippen MR) is 89.9 cm³/mol. The number of carbonyl (C=O) groups is 1. The predicted octanol–water partition coefficient (Wildman–Crippen LogP) is 3.62. The van der Waals surface area contributed by atoms with Crippen molar-refractivity contribution in [1.82, 2.24) is 14.9 Å². The Hall–Kier alpha value is -2.89. The molecule has 6 nitrogen and oxygen atoms in total. The zero-order valence-electron chi connectivity index (χ0n) is 13.8. The molecule has 2 aromatic heterocycles. The Morgan fingerprint density at radius 3 is 2.88 bits per heavy atom. The largest absolute Gasteiger partial charge is 0.443 e. The third kappa shape index (κ3) is 3.33. The van der Waals surface area contributed by atoms with Gasteiger partial charge in [0, 0.05) is 13.0 Å². The van der Waals surface area contributed by atoms with Crippen LogP contribution in [0.2, 0.25) is 0 Å². The van der Waals surface area contributed by atoms with Crippen LogP contribution in [0.1, 0.15) is 53.1 Å². The molecule has 1 atom stereocenters. The normalized spacial score (nSPS) is 17.6. The van der Waals surface area contributed by atoms with E-state index in [1.165, 1.54) is 18.2 Å². The number of aromatic nitrogens is 2. The van der Waals surface area contributed by atoms with E-state index in [1.807, 2.05) is 18.2 Å². The van der Waals surface area contributed by atoms with Gasteiger partial charge in [-0.15, -0.1) is 0 Å². The number of oxazole rings is 2. The number of benzene rings is 1. The van der Waals surface area contributed by atoms with E-state index >= 15 is 0 Å². The van der Waals surface area contributed by atoms with Crippen molar-refractivity contribution < 1.29 is 13.6 Å². The first kappa shape index (κ1) is 15.6. The molecule has 4 rings (SSSR count). The molecule has 3 heterocycles. The minimum atomic E-state index is -0.162. The van der Waals surface area contributed by atoms with E-state index in [2.05, 4.69) is 22.1 Å². The van der Waals surface area contributed by atoms with Gasteiger partial charge in [0.25, 0.3) is 5.91 Å². The molecule has 0 spiro atoms. The van der Waals surface area contributed by atoms with Crippen LogP contribution < -0.4 is 0 Å². The van der Waals surface area contributed by atoms with Crippen LogP contribution >= 0.6 is 0 Å². The second-order valence-electron chi connectivity index (χ2n) is 6.20. The van der Waals surface area contributed by atoms with E-state index in [4.69, 9.17) is 8.83 Å². The topological polar surface area (TPSA) is 72.4 Å². The first-order valence-corrected chi connectivity index (χ1v) is 8.49. The van der Waals surface area contributed by atoms with Gasteiger partial charge >= 0.3 is 0 Å². The average Bonchev–Trinajstić information content (AvgIpc) is 3.34. The van der Waals surface area contributed by atoms with Gasteiger partial charge < -0.3 is 13.7 Å². The van der Waals surface area contributed by atoms with Gasteiger partial charge in [0.05, 0.1) is 12.4 Å². The van der Waals surface area contributed by atoms with Crippen molar-refractivity contribution in [3.8, 4) is 0 Å². The number of rotatable bonds is 4. The number of piperidine rings is 1. The van der Waals surface area contributed by atoms with Gasteiger partial charge in [0.2, 0.25) is 11.7 Å². The number of carbonyl (C=O) groups excluding carboxylic acids is 1. The molecule has 1 fully saturated rings. The number of hydrogen-bond acceptors (Lipinski definition) is 5. The lowest BCUT2D eigenvalue weighted by atomic mass is 10.0. The molecule has 1 aromatic carbocycles. The maximum absolute atomic E-state index is 12.7. The smallest absolute Gasteiger partial charge is 0.291 e. The Kier molecular flexibility index (Phi) is 4.33. The highest BCUT2D eigenvalue weighted by Crippen LogP contribution is 2.32. The molecule has 1 saturated heterocycles. The van der Waals surface area contributed by atoms with Gasteiger partial charge in [0.1, 0.15) is 11.8 Å². The number of amides is 1. The van der Waals surface area contributed by atoms with Crippen LogP contribution in [0.5, 0.6) is 0 Å². The molecule has 0 radical (unpaired) electrons. The lowest BCUT2D eigenvalue weighted by Gasteiger charge is -2.33. The lowest BCUT2D eigenvalue weighted by Crippen LogP contribution is -2.38. The SMILES string of the molecule is O=C(c1cnco1)N1CCCC[C@H]1c1ncc(Cc2ccccc2)o1. The summed E-state index contributed by atoms with van der Waals surface area (Å²) in [5.74, 6) is 1.49. The molecule has 0 bridgehead atoms. The Morgan fingerprint density at radius 2 is 2.08 bits per heavy atom. The van der Waals surface area contributed by atoms with Crippen molar-refractivity contribution in [2.45, 2.75) is 31.7 Å². The molecule has 0 aliphatic carbocycles. The van der Waals surface area contributed by atoms with Crippen molar-refractivity contribution in [2.24, 2.45) is 0 Å². The third-order valence-electron chi connectivity index (χ3n) is 4.48. The minimum absolute atomic E-state index is 0.157. The Bertz CT molecular complexity index is 827. The fraction of sp³-hybridized carbons (Fsp3) is 0.316. The minimum Gasteiger partial charge on any atom is -0.443 e. The zero-order valence-corrected chi connectivity index (χ0v) is 13.8. The highest BCUT2D eigenvalue weighted by atomic mass is 16.4. The van der Waals surface area contributed by atoms with E-state index in [0.717, 1.165) is 25.0 Å². The summed E-state index contributed by atoms with van der Waals surface area (Å²) in [6.45, 7) is 0.667. The summed E-state index contributed by atoms with van der Waals surface area (Å²) in [4.78, 5) is 22.7. The second-order valence-corrected chi connectivity index (χ2v) is 6.20. The van der Waals surface area contributed by atoms with Crippen LogP contribution in [-0.2, 0) is 6.42 Å². The van der Waals surface area contributed by atoms with Gasteiger partial charge in [-0.2, -0.15) is 0 Å². The highest BCUT2D eigenvalue weighted by molar-refractivity contribution is 5.91. The first-order chi connectivity index (χ1) is 12.3. The number of nitrogens with zero attached hydrogens (tertiary/aromatic N) is 3. The molecule has 0 unspecified atom stereocenters. The summed E-state index contributed by atoms with van der Waals surface area (Å²) >= 11 is 0. The second kappa shape index (κ2) is 6.93. The van der Waals surface area contributed by atoms with Crippen molar-refractivity contribution >= 4 is 5.91 Å². The summed E-state index contributed by atoms with van der Waals surface area (Å²) in [6, 6.07) is 9.96. The molecule has 1 amide bonds. The van der Waals surface area contributed by atoms with Crippen molar-refractivity contribution in [3.05, 3.63) is 72.1 Å². The Morgan fingerprint density at radius 1 is 1.20 bits per heavy atom. The summed E-state index contributed by atoms with van der Waals surface area (Å²) in [6.07, 6.45) is 8.02. The standard InChI is InChI=1S/C19H19N3O3/c23-19(17-12-20-13-24-17)22-9-5-4-8-16(22)18-21-11-15(25-18)10-14-6-2-1-3-7-14/h1-3,6-7,11-13,16H,4-5,8-10H2/t16-/m0/s1. The van der Waals surface area contributed by atoms with E-state index in [0.29, 0.717) is 18.9 Å². The van der Waals surface area contributed by atoms with Crippen molar-refractivity contribution in [1.29, 1.82) is 0 Å². The van der Waals surface area contributed by atoms with Gasteiger partial charge in [-0.1, -0.05) is 30.3 Å². The summed E-state index contributed by atoms with van der Waals surface area (Å²) in [5, 5.41) is 0. The highest BCUT2D eigenvalue weighted by Gasteiger charge is 2.33. The van der Waals surface area contributed by atoms with E-state index in [-0.39, 0.29) is 17.7 Å². The molecule has 25 heavy (non-hydrogen) atoms. The molecule has 1 aliphatic heterocycles. The molecule has 3 aromatic rings. The number of likely N-dealkylation sites (tertiary alicyclic amines) is 1. The quantitative estimate of drug-likeness (QED) is 0.727. The van der Waals surface area contributed by atoms with Crippen LogP contribution in [0.25, 0.3) is 0 Å². The average molecular weight is 337 g/mol. The fourth-order valence-electron chi connectivity index (χ4n) is 3.25. The van der Waals surface area contributed by atoms with E-state index in [1.54, 1.807) is 11.1 Å². The molecular formula is C19H19N3O3. The van der Waals surface area contributed by atoms with Gasteiger partial charge in [0.15, 0.2) is 6.39 Å². The van der Waals surface area contributed by atoms with Crippen LogP contribution in [0.15, 0.2) is 58.0 Å². The molecular weight excluding hydrogens is 318 g/mol. The van der Waals surface area contributed by atoms with Gasteiger partial charge in [-0.05, 0) is 24.8 Å². The Labute approximate surface area is 145 Å². The van der Waals surface area contributed by atoms with Crippen LogP contribution in [0, 0.1) is 0 Å². The molecule has 1 aliphatic rings. The maximum atomic E-state index is 12.7. The molecule has 0 saturated carbocycles. The third-order valence-corrected chi connectivity index (χ3v) is 4.48. The molecule has 128 valence electrons. The summed E-state index contributed by atoms with van der Waals surface area (Å²) in [5.41, 5.74) is 1.17. The van der Waals surface area contributed by atoms with Crippen LogP contribution in [-0.4, -0.2) is 27.3 Å². The first-order valence-electron chi connectivity index (χ1n) is 8.49. The summed E-state index contributed by atoms with van der Waals surface area (Å²) in [7, 11) is 0. The Balaban J connectivity index is 1.54. The van der Waals surface area contributed by atoms with Crippen molar-refractivity contribution in [3.63, 3.8) is 0 Å². The van der Waals surface area contributed by atoms with Gasteiger partial charge in [-0.3, -0.25) is 4.79 Å². The molecule has 6 heteroatoms. The zero-order chi connectivity index (χ0) is 17.1. The maximum Gasteiger partial charge on any atom is 0.291 e. The van der Waals surface area contributed by atoms with Crippen LogP contribution in [0.4, 0.5) is 0 Å². The monoisotopic (exact) mass is 337 g/mol. The fourth-order valence-corrected chi connectivity index (χ4v) is 3.25. The lowest BCUT2D eigenvalue weighted by molar-refractivity contribution is 0.0538. The van der Waals surface area contributed by atoms with Gasteiger partial charge in [-0.25, -0.2) is 9.97 Å². The summed E-state index contributed by atoms with van der Waals surface area (Å²) < 4.78 is 11.1. The van der Waals surface area contributed by atoms with E-state index in [9.17, 15) is 4.79 Å².